The molecule has 2 rings (SSSR count). The molecule has 0 unspecified atom stereocenters. The largest absolute Gasteiger partial charge is 0.503 e. The highest BCUT2D eigenvalue weighted by Gasteiger charge is 2.16. The van der Waals surface area contributed by atoms with Gasteiger partial charge in [0.2, 0.25) is 0 Å². The summed E-state index contributed by atoms with van der Waals surface area (Å²) in [7, 11) is 3.75. The summed E-state index contributed by atoms with van der Waals surface area (Å²) >= 11 is 3.38. The number of benzene rings is 1. The maximum absolute atomic E-state index is 9.83. The van der Waals surface area contributed by atoms with Crippen LogP contribution < -0.4 is 4.74 Å². The lowest BCUT2D eigenvalue weighted by Crippen LogP contribution is -2.26. The molecule has 0 atom stereocenters. The van der Waals surface area contributed by atoms with Crippen LogP contribution in [0.4, 0.5) is 0 Å². The van der Waals surface area contributed by atoms with Crippen molar-refractivity contribution < 1.29 is 9.84 Å². The second kappa shape index (κ2) is 7.32. The number of halogens is 1. The molecule has 0 saturated heterocycles. The summed E-state index contributed by atoms with van der Waals surface area (Å²) < 4.78 is 5.89. The van der Waals surface area contributed by atoms with Crippen LogP contribution >= 0.6 is 15.9 Å². The second-order valence-corrected chi connectivity index (χ2v) is 6.68. The molecule has 1 aliphatic carbocycles. The molecule has 0 aliphatic heterocycles. The Morgan fingerprint density at radius 1 is 1.30 bits per heavy atom. The van der Waals surface area contributed by atoms with E-state index in [-0.39, 0.29) is 5.75 Å². The smallest absolute Gasteiger partial charge is 0.172 e. The number of rotatable bonds is 5. The highest BCUT2D eigenvalue weighted by atomic mass is 79.9. The van der Waals surface area contributed by atoms with E-state index >= 15 is 0 Å². The molecule has 1 N–H and O–H groups in total. The van der Waals surface area contributed by atoms with Gasteiger partial charge in [-0.05, 0) is 59.4 Å². The first-order valence-electron chi connectivity index (χ1n) is 7.34. The molecular formula is C16H24BrNO2. The van der Waals surface area contributed by atoms with E-state index in [1.807, 2.05) is 12.1 Å². The van der Waals surface area contributed by atoms with E-state index in [9.17, 15) is 5.11 Å². The first-order chi connectivity index (χ1) is 9.60. The van der Waals surface area contributed by atoms with E-state index in [1.54, 1.807) is 7.11 Å². The van der Waals surface area contributed by atoms with E-state index in [4.69, 9.17) is 4.74 Å². The quantitative estimate of drug-likeness (QED) is 0.872. The molecule has 0 radical (unpaired) electrons. The molecule has 20 heavy (non-hydrogen) atoms. The van der Waals surface area contributed by atoms with Gasteiger partial charge in [0, 0.05) is 13.1 Å². The maximum atomic E-state index is 9.83. The standard InChI is InChI=1S/C16H24BrNO2/c1-18(10-12-6-4-3-5-7-12)11-13-8-14(17)16(19)15(9-13)20-2/h8-9,12,19H,3-7,10-11H2,1-2H3. The zero-order chi connectivity index (χ0) is 14.5. The topological polar surface area (TPSA) is 32.7 Å². The van der Waals surface area contributed by atoms with E-state index in [0.717, 1.165) is 24.6 Å². The Bertz CT molecular complexity index is 444. The third-order valence-electron chi connectivity index (χ3n) is 4.06. The molecule has 1 aliphatic rings. The molecule has 0 aromatic heterocycles. The SMILES string of the molecule is COc1cc(CN(C)CC2CCCCC2)cc(Br)c1O. The van der Waals surface area contributed by atoms with Crippen molar-refractivity contribution in [2.75, 3.05) is 20.7 Å². The van der Waals surface area contributed by atoms with Crippen molar-refractivity contribution in [1.29, 1.82) is 0 Å². The van der Waals surface area contributed by atoms with Crippen molar-refractivity contribution in [1.82, 2.24) is 4.90 Å². The maximum Gasteiger partial charge on any atom is 0.172 e. The number of hydrogen-bond donors (Lipinski definition) is 1. The van der Waals surface area contributed by atoms with E-state index in [1.165, 1.54) is 32.1 Å². The lowest BCUT2D eigenvalue weighted by molar-refractivity contribution is 0.228. The molecule has 1 aromatic carbocycles. The molecular weight excluding hydrogens is 318 g/mol. The molecule has 4 heteroatoms. The van der Waals surface area contributed by atoms with Gasteiger partial charge in [0.1, 0.15) is 0 Å². The summed E-state index contributed by atoms with van der Waals surface area (Å²) in [6.07, 6.45) is 6.91. The normalized spacial score (nSPS) is 16.6. The van der Waals surface area contributed by atoms with Crippen LogP contribution in [0.15, 0.2) is 16.6 Å². The predicted molar refractivity (Wildman–Crippen MR) is 85.3 cm³/mol. The van der Waals surface area contributed by atoms with Crippen LogP contribution in [-0.4, -0.2) is 30.7 Å². The van der Waals surface area contributed by atoms with Gasteiger partial charge in [-0.15, -0.1) is 0 Å². The molecule has 112 valence electrons. The predicted octanol–water partition coefficient (Wildman–Crippen LogP) is 4.18. The molecule has 1 aromatic rings. The van der Waals surface area contributed by atoms with Gasteiger partial charge in [-0.2, -0.15) is 0 Å². The van der Waals surface area contributed by atoms with E-state index < -0.39 is 0 Å². The second-order valence-electron chi connectivity index (χ2n) is 5.83. The zero-order valence-electron chi connectivity index (χ0n) is 12.4. The lowest BCUT2D eigenvalue weighted by Gasteiger charge is -2.27. The summed E-state index contributed by atoms with van der Waals surface area (Å²) in [5.74, 6) is 1.54. The first kappa shape index (κ1) is 15.6. The molecule has 0 heterocycles. The number of ether oxygens (including phenoxy) is 1. The summed E-state index contributed by atoms with van der Waals surface area (Å²) in [6, 6.07) is 3.88. The molecule has 1 saturated carbocycles. The van der Waals surface area contributed by atoms with Crippen LogP contribution in [0.5, 0.6) is 11.5 Å². The van der Waals surface area contributed by atoms with Gasteiger partial charge in [0.15, 0.2) is 11.5 Å². The first-order valence-corrected chi connectivity index (χ1v) is 8.13. The lowest BCUT2D eigenvalue weighted by atomic mass is 9.89. The fraction of sp³-hybridized carbons (Fsp3) is 0.625. The van der Waals surface area contributed by atoms with Crippen molar-refractivity contribution in [2.24, 2.45) is 5.92 Å². The highest BCUT2D eigenvalue weighted by molar-refractivity contribution is 9.10. The van der Waals surface area contributed by atoms with E-state index in [0.29, 0.717) is 10.2 Å². The van der Waals surface area contributed by atoms with Gasteiger partial charge in [0.25, 0.3) is 0 Å². The number of aromatic hydroxyl groups is 1. The van der Waals surface area contributed by atoms with Crippen molar-refractivity contribution in [3.63, 3.8) is 0 Å². The highest BCUT2D eigenvalue weighted by Crippen LogP contribution is 2.35. The Kier molecular flexibility index (Phi) is 5.73. The summed E-state index contributed by atoms with van der Waals surface area (Å²) in [5, 5.41) is 9.83. The third kappa shape index (κ3) is 4.13. The van der Waals surface area contributed by atoms with Crippen LogP contribution in [0.2, 0.25) is 0 Å². The number of hydrogen-bond acceptors (Lipinski definition) is 3. The van der Waals surface area contributed by atoms with Gasteiger partial charge < -0.3 is 14.7 Å². The van der Waals surface area contributed by atoms with Gasteiger partial charge in [-0.3, -0.25) is 0 Å². The molecule has 3 nitrogen and oxygen atoms in total. The van der Waals surface area contributed by atoms with Crippen molar-refractivity contribution in [2.45, 2.75) is 38.6 Å². The average Bonchev–Trinajstić information content (AvgIpc) is 2.43. The van der Waals surface area contributed by atoms with Crippen LogP contribution in [0, 0.1) is 5.92 Å². The summed E-state index contributed by atoms with van der Waals surface area (Å²) in [6.45, 7) is 2.03. The molecule has 0 amide bonds. The minimum absolute atomic E-state index is 0.172. The Hall–Kier alpha value is -0.740. The van der Waals surface area contributed by atoms with Crippen molar-refractivity contribution in [3.05, 3.63) is 22.2 Å². The number of phenolic OH excluding ortho intramolecular Hbond substituents is 1. The monoisotopic (exact) mass is 341 g/mol. The fourth-order valence-electron chi connectivity index (χ4n) is 3.06. The average molecular weight is 342 g/mol. The van der Waals surface area contributed by atoms with Gasteiger partial charge in [-0.1, -0.05) is 19.3 Å². The van der Waals surface area contributed by atoms with Gasteiger partial charge in [-0.25, -0.2) is 0 Å². The van der Waals surface area contributed by atoms with Crippen molar-refractivity contribution in [3.8, 4) is 11.5 Å². The summed E-state index contributed by atoms with van der Waals surface area (Å²) in [4.78, 5) is 2.37. The van der Waals surface area contributed by atoms with Gasteiger partial charge in [0.05, 0.1) is 11.6 Å². The van der Waals surface area contributed by atoms with Crippen LogP contribution in [0.3, 0.4) is 0 Å². The van der Waals surface area contributed by atoms with Crippen LogP contribution in [-0.2, 0) is 6.54 Å². The van der Waals surface area contributed by atoms with Crippen LogP contribution in [0.25, 0.3) is 0 Å². The Morgan fingerprint density at radius 2 is 2.00 bits per heavy atom. The zero-order valence-corrected chi connectivity index (χ0v) is 13.9. The summed E-state index contributed by atoms with van der Waals surface area (Å²) in [5.41, 5.74) is 1.16. The minimum atomic E-state index is 0.172. The Morgan fingerprint density at radius 3 is 2.65 bits per heavy atom. The molecule has 1 fully saturated rings. The van der Waals surface area contributed by atoms with E-state index in [2.05, 4.69) is 27.9 Å². The number of methoxy groups -OCH3 is 1. The third-order valence-corrected chi connectivity index (χ3v) is 4.66. The van der Waals surface area contributed by atoms with Crippen molar-refractivity contribution >= 4 is 15.9 Å². The molecule has 0 bridgehead atoms. The Labute approximate surface area is 130 Å². The molecule has 0 spiro atoms. The number of phenols is 1. The fourth-order valence-corrected chi connectivity index (χ4v) is 3.55. The van der Waals surface area contributed by atoms with Crippen LogP contribution in [0.1, 0.15) is 37.7 Å². The van der Waals surface area contributed by atoms with Gasteiger partial charge >= 0.3 is 0 Å². The Balaban J connectivity index is 1.96. The number of nitrogens with zero attached hydrogens (tertiary/aromatic N) is 1. The minimum Gasteiger partial charge on any atom is -0.503 e.